The molecule has 0 heterocycles. The number of hydrogen-bond donors (Lipinski definition) is 0. The Morgan fingerprint density at radius 1 is 1.42 bits per heavy atom. The molecule has 1 fully saturated rings. The Kier molecular flexibility index (Phi) is 3.09. The molecule has 12 heavy (non-hydrogen) atoms. The monoisotopic (exact) mass is 188 g/mol. The van der Waals surface area contributed by atoms with Crippen molar-refractivity contribution in [1.82, 2.24) is 0 Å². The van der Waals surface area contributed by atoms with Gasteiger partial charge in [0.2, 0.25) is 0 Å². The van der Waals surface area contributed by atoms with E-state index >= 15 is 0 Å². The van der Waals surface area contributed by atoms with Crippen LogP contribution in [0.3, 0.4) is 0 Å². The summed E-state index contributed by atoms with van der Waals surface area (Å²) >= 11 is 6.34. The molecule has 3 atom stereocenters. The minimum absolute atomic E-state index is 0.0881. The first kappa shape index (κ1) is 10.4. The molecule has 0 amide bonds. The standard InChI is InChI=1S/C11H21Cl/c1-8(2)10-5-6-11(4,12)7-9(10)3/h8-10H,5-7H2,1-4H3. The maximum absolute atomic E-state index is 6.34. The summed E-state index contributed by atoms with van der Waals surface area (Å²) in [6, 6.07) is 0. The van der Waals surface area contributed by atoms with Crippen LogP contribution in [0.1, 0.15) is 47.0 Å². The molecule has 0 nitrogen and oxygen atoms in total. The number of hydrogen-bond acceptors (Lipinski definition) is 0. The molecule has 0 radical (unpaired) electrons. The van der Waals surface area contributed by atoms with Crippen LogP contribution < -0.4 is 0 Å². The minimum atomic E-state index is 0.0881. The van der Waals surface area contributed by atoms with Crippen molar-refractivity contribution in [3.8, 4) is 0 Å². The van der Waals surface area contributed by atoms with Crippen molar-refractivity contribution in [2.24, 2.45) is 17.8 Å². The molecule has 1 heteroatoms. The highest BCUT2D eigenvalue weighted by Crippen LogP contribution is 2.42. The summed E-state index contributed by atoms with van der Waals surface area (Å²) in [5.74, 6) is 2.53. The zero-order chi connectivity index (χ0) is 9.35. The van der Waals surface area contributed by atoms with Gasteiger partial charge in [-0.05, 0) is 43.9 Å². The van der Waals surface area contributed by atoms with Gasteiger partial charge in [-0.25, -0.2) is 0 Å². The van der Waals surface area contributed by atoms with Crippen LogP contribution in [0.15, 0.2) is 0 Å². The van der Waals surface area contributed by atoms with E-state index in [0.717, 1.165) is 17.8 Å². The van der Waals surface area contributed by atoms with Gasteiger partial charge in [0, 0.05) is 4.87 Å². The summed E-state index contributed by atoms with van der Waals surface area (Å²) in [5, 5.41) is 0. The first-order valence-electron chi connectivity index (χ1n) is 5.11. The average Bonchev–Trinajstić information content (AvgIpc) is 1.83. The minimum Gasteiger partial charge on any atom is -0.120 e. The van der Waals surface area contributed by atoms with Gasteiger partial charge in [-0.15, -0.1) is 11.6 Å². The Hall–Kier alpha value is 0.290. The highest BCUT2D eigenvalue weighted by atomic mass is 35.5. The second-order valence-corrected chi connectivity index (χ2v) is 5.95. The van der Waals surface area contributed by atoms with Gasteiger partial charge in [-0.3, -0.25) is 0 Å². The highest BCUT2D eigenvalue weighted by Gasteiger charge is 2.34. The Morgan fingerprint density at radius 2 is 2.00 bits per heavy atom. The lowest BCUT2D eigenvalue weighted by molar-refractivity contribution is 0.170. The predicted octanol–water partition coefficient (Wildman–Crippen LogP) is 4.08. The molecule has 0 saturated heterocycles. The molecule has 1 saturated carbocycles. The Bertz CT molecular complexity index is 149. The van der Waals surface area contributed by atoms with E-state index < -0.39 is 0 Å². The maximum Gasteiger partial charge on any atom is 0.0421 e. The van der Waals surface area contributed by atoms with E-state index in [-0.39, 0.29) is 4.87 Å². The number of halogens is 1. The summed E-state index contributed by atoms with van der Waals surface area (Å²) in [6.07, 6.45) is 3.71. The van der Waals surface area contributed by atoms with Crippen molar-refractivity contribution >= 4 is 11.6 Å². The molecule has 0 bridgehead atoms. The molecule has 0 spiro atoms. The molecule has 0 N–H and O–H groups in total. The van der Waals surface area contributed by atoms with Crippen LogP contribution in [0.5, 0.6) is 0 Å². The first-order chi connectivity index (χ1) is 5.42. The number of rotatable bonds is 1. The smallest absolute Gasteiger partial charge is 0.0421 e. The Labute approximate surface area is 81.7 Å². The van der Waals surface area contributed by atoms with Crippen LogP contribution in [0.4, 0.5) is 0 Å². The molecule has 1 rings (SSSR count). The SMILES string of the molecule is CC(C)C1CCC(C)(Cl)CC1C. The first-order valence-corrected chi connectivity index (χ1v) is 5.49. The highest BCUT2D eigenvalue weighted by molar-refractivity contribution is 6.23. The van der Waals surface area contributed by atoms with Crippen LogP contribution in [-0.4, -0.2) is 4.87 Å². The molecule has 1 aliphatic rings. The van der Waals surface area contributed by atoms with Crippen molar-refractivity contribution < 1.29 is 0 Å². The predicted molar refractivity (Wildman–Crippen MR) is 55.6 cm³/mol. The third-order valence-corrected chi connectivity index (χ3v) is 3.68. The normalized spacial score (nSPS) is 43.5. The van der Waals surface area contributed by atoms with E-state index in [0.29, 0.717) is 0 Å². The number of alkyl halides is 1. The summed E-state index contributed by atoms with van der Waals surface area (Å²) < 4.78 is 0. The summed E-state index contributed by atoms with van der Waals surface area (Å²) in [6.45, 7) is 9.20. The third kappa shape index (κ3) is 2.39. The van der Waals surface area contributed by atoms with E-state index in [1.807, 2.05) is 0 Å². The maximum atomic E-state index is 6.34. The van der Waals surface area contributed by atoms with E-state index in [9.17, 15) is 0 Å². The molecule has 1 aliphatic carbocycles. The van der Waals surface area contributed by atoms with Crippen LogP contribution >= 0.6 is 11.6 Å². The topological polar surface area (TPSA) is 0 Å². The van der Waals surface area contributed by atoms with Gasteiger partial charge in [-0.1, -0.05) is 20.8 Å². The summed E-state index contributed by atoms with van der Waals surface area (Å²) in [5.41, 5.74) is 0. The van der Waals surface area contributed by atoms with Gasteiger partial charge in [0.25, 0.3) is 0 Å². The van der Waals surface area contributed by atoms with Crippen molar-refractivity contribution in [2.45, 2.75) is 51.8 Å². The quantitative estimate of drug-likeness (QED) is 0.545. The van der Waals surface area contributed by atoms with E-state index in [1.54, 1.807) is 0 Å². The van der Waals surface area contributed by atoms with Crippen molar-refractivity contribution in [1.29, 1.82) is 0 Å². The second kappa shape index (κ2) is 3.57. The Morgan fingerprint density at radius 3 is 2.42 bits per heavy atom. The largest absolute Gasteiger partial charge is 0.120 e. The molecule has 0 aliphatic heterocycles. The lowest BCUT2D eigenvalue weighted by Crippen LogP contribution is -2.33. The fourth-order valence-electron chi connectivity index (χ4n) is 2.67. The van der Waals surface area contributed by atoms with Gasteiger partial charge in [-0.2, -0.15) is 0 Å². The van der Waals surface area contributed by atoms with Gasteiger partial charge in [0.05, 0.1) is 0 Å². The Balaban J connectivity index is 2.54. The molecule has 72 valence electrons. The molecular weight excluding hydrogens is 168 g/mol. The third-order valence-electron chi connectivity index (χ3n) is 3.33. The van der Waals surface area contributed by atoms with Crippen LogP contribution in [0.2, 0.25) is 0 Å². The van der Waals surface area contributed by atoms with E-state index in [4.69, 9.17) is 11.6 Å². The van der Waals surface area contributed by atoms with Crippen LogP contribution in [0, 0.1) is 17.8 Å². The molecule has 0 aromatic heterocycles. The van der Waals surface area contributed by atoms with Gasteiger partial charge in [0.15, 0.2) is 0 Å². The molecule has 0 aromatic rings. The van der Waals surface area contributed by atoms with Crippen LogP contribution in [-0.2, 0) is 0 Å². The van der Waals surface area contributed by atoms with Crippen molar-refractivity contribution in [3.05, 3.63) is 0 Å². The second-order valence-electron chi connectivity index (χ2n) is 5.04. The molecule has 3 unspecified atom stereocenters. The fraction of sp³-hybridized carbons (Fsp3) is 1.00. The fourth-order valence-corrected chi connectivity index (χ4v) is 3.02. The average molecular weight is 189 g/mol. The van der Waals surface area contributed by atoms with Crippen molar-refractivity contribution in [2.75, 3.05) is 0 Å². The van der Waals surface area contributed by atoms with Gasteiger partial charge >= 0.3 is 0 Å². The molecule has 0 aromatic carbocycles. The van der Waals surface area contributed by atoms with Gasteiger partial charge < -0.3 is 0 Å². The lowest BCUT2D eigenvalue weighted by atomic mass is 9.71. The summed E-state index contributed by atoms with van der Waals surface area (Å²) in [4.78, 5) is 0.0881. The van der Waals surface area contributed by atoms with Gasteiger partial charge in [0.1, 0.15) is 0 Å². The zero-order valence-corrected chi connectivity index (χ0v) is 9.49. The van der Waals surface area contributed by atoms with Crippen LogP contribution in [0.25, 0.3) is 0 Å². The zero-order valence-electron chi connectivity index (χ0n) is 8.73. The summed E-state index contributed by atoms with van der Waals surface area (Å²) in [7, 11) is 0. The van der Waals surface area contributed by atoms with Crippen molar-refractivity contribution in [3.63, 3.8) is 0 Å². The van der Waals surface area contributed by atoms with E-state index in [2.05, 4.69) is 27.7 Å². The van der Waals surface area contributed by atoms with E-state index in [1.165, 1.54) is 19.3 Å². The lowest BCUT2D eigenvalue weighted by Gasteiger charge is -2.39. The molecular formula is C11H21Cl.